The summed E-state index contributed by atoms with van der Waals surface area (Å²) in [5.41, 5.74) is 1.61. The van der Waals surface area contributed by atoms with Crippen LogP contribution in [0.15, 0.2) is 0 Å². The van der Waals surface area contributed by atoms with Crippen LogP contribution in [0, 0.1) is 0 Å². The molecule has 0 radical (unpaired) electrons. The first kappa shape index (κ1) is 7.37. The number of nitrogens with two attached hydrogens (primary N) is 1. The topological polar surface area (TPSA) is 96.6 Å². The molecule has 0 aliphatic carbocycles. The van der Waals surface area contributed by atoms with Crippen LogP contribution in [-0.2, 0) is 4.94 Å². The average Bonchev–Trinajstić information content (AvgIpc) is 1.66. The quantitative estimate of drug-likeness (QED) is 0.198. The lowest BCUT2D eigenvalue weighted by Gasteiger charge is -1.97. The molecule has 0 heterocycles. The molecule has 0 bridgehead atoms. The number of rotatable bonds is 3. The van der Waals surface area contributed by atoms with Crippen molar-refractivity contribution in [1.29, 1.82) is 0 Å². The fourth-order valence-electron chi connectivity index (χ4n) is 0.121. The van der Waals surface area contributed by atoms with Crippen molar-refractivity contribution in [2.45, 2.75) is 0 Å². The second-order valence-electron chi connectivity index (χ2n) is 0.858. The maximum atomic E-state index is 9.57. The predicted octanol–water partition coefficient (Wildman–Crippen LogP) is -2.35. The molecule has 48 valence electrons. The molecular weight excluding hydrogens is 130 g/mol. The van der Waals surface area contributed by atoms with Crippen LogP contribution in [0.25, 0.3) is 0 Å². The molecule has 0 fully saturated rings. The van der Waals surface area contributed by atoms with Crippen molar-refractivity contribution in [2.75, 3.05) is 0 Å². The molecule has 0 aromatic heterocycles. The largest absolute Gasteiger partial charge is 0.464 e. The Morgan fingerprint density at radius 2 is 2.50 bits per heavy atom. The molecular formula is CH7N3O3Si. The lowest BCUT2D eigenvalue weighted by molar-refractivity contribution is 0.00989. The van der Waals surface area contributed by atoms with E-state index in [1.54, 1.807) is 5.48 Å². The standard InChI is InChI=1S/CH7N3O3Si/c2-8-4-7-3-1(5)6/h3-4H,2,8H2,(H,5,6). The first-order chi connectivity index (χ1) is 3.77. The number of hydrogen-bond donors (Lipinski definition) is 4. The third-order valence-electron chi connectivity index (χ3n) is 0.294. The molecule has 0 atom stereocenters. The van der Waals surface area contributed by atoms with Crippen LogP contribution in [0.2, 0.25) is 0 Å². The Kier molecular flexibility index (Phi) is 4.17. The van der Waals surface area contributed by atoms with Gasteiger partial charge in [-0.25, -0.2) is 4.79 Å². The molecule has 0 rings (SSSR count). The maximum Gasteiger partial charge on any atom is 0.430 e. The normalized spacial score (nSPS) is 10.1. The average molecular weight is 137 g/mol. The third kappa shape index (κ3) is 5.37. The van der Waals surface area contributed by atoms with Gasteiger partial charge < -0.3 is 10.5 Å². The van der Waals surface area contributed by atoms with E-state index in [1.165, 1.54) is 0 Å². The van der Waals surface area contributed by atoms with Gasteiger partial charge in [0.1, 0.15) is 0 Å². The highest BCUT2D eigenvalue weighted by Gasteiger charge is 1.88. The third-order valence-corrected chi connectivity index (χ3v) is 0.605. The summed E-state index contributed by atoms with van der Waals surface area (Å²) in [5, 5.41) is 15.0. The molecule has 0 aromatic rings. The molecule has 8 heavy (non-hydrogen) atoms. The Bertz CT molecular complexity index is 76.9. The molecule has 0 saturated heterocycles. The Morgan fingerprint density at radius 3 is 2.88 bits per heavy atom. The van der Waals surface area contributed by atoms with E-state index in [0.29, 0.717) is 0 Å². The Labute approximate surface area is 47.9 Å². The smallest absolute Gasteiger partial charge is 0.430 e. The summed E-state index contributed by atoms with van der Waals surface area (Å²) in [6, 6.07) is 0. The molecule has 0 spiro atoms. The van der Waals surface area contributed by atoms with Crippen molar-refractivity contribution in [3.8, 4) is 0 Å². The van der Waals surface area contributed by atoms with Crippen LogP contribution in [0.3, 0.4) is 0 Å². The maximum absolute atomic E-state index is 9.57. The minimum atomic E-state index is -1.25. The van der Waals surface area contributed by atoms with Gasteiger partial charge in [-0.1, -0.05) is 0 Å². The summed E-state index contributed by atoms with van der Waals surface area (Å²) < 4.78 is 0. The van der Waals surface area contributed by atoms with Crippen molar-refractivity contribution in [2.24, 2.45) is 5.40 Å². The Hall–Kier alpha value is -0.633. The zero-order valence-electron chi connectivity index (χ0n) is 4.05. The van der Waals surface area contributed by atoms with Crippen molar-refractivity contribution in [3.05, 3.63) is 0 Å². The monoisotopic (exact) mass is 137 g/mol. The van der Waals surface area contributed by atoms with Crippen molar-refractivity contribution in [3.63, 3.8) is 0 Å². The van der Waals surface area contributed by atoms with E-state index in [0.717, 1.165) is 0 Å². The number of carbonyl (C=O) groups is 1. The summed E-state index contributed by atoms with van der Waals surface area (Å²) in [6.45, 7) is 0. The molecule has 0 saturated carbocycles. The van der Waals surface area contributed by atoms with Gasteiger partial charge in [0.25, 0.3) is 0 Å². The van der Waals surface area contributed by atoms with Crippen LogP contribution in [-0.4, -0.2) is 21.0 Å². The molecule has 0 unspecified atom stereocenters. The summed E-state index contributed by atoms with van der Waals surface area (Å²) in [7, 11) is -0.927. The van der Waals surface area contributed by atoms with Gasteiger partial charge in [-0.15, -0.1) is 0 Å². The van der Waals surface area contributed by atoms with Gasteiger partial charge in [0.05, 0.1) is 0 Å². The fourth-order valence-corrected chi connectivity index (χ4v) is 0.277. The first-order valence-electron chi connectivity index (χ1n) is 1.85. The predicted molar refractivity (Wildman–Crippen MR) is 28.1 cm³/mol. The van der Waals surface area contributed by atoms with Gasteiger partial charge >= 0.3 is 6.09 Å². The molecule has 0 aliphatic rings. The van der Waals surface area contributed by atoms with Crippen molar-refractivity contribution < 1.29 is 14.8 Å². The number of amides is 1. The highest BCUT2D eigenvalue weighted by Crippen LogP contribution is 1.55. The van der Waals surface area contributed by atoms with E-state index < -0.39 is 15.9 Å². The van der Waals surface area contributed by atoms with Crippen molar-refractivity contribution >= 4 is 15.9 Å². The number of nitrogens with one attached hydrogen (secondary N) is 2. The highest BCUT2D eigenvalue weighted by atomic mass is 28.2. The van der Waals surface area contributed by atoms with E-state index in [-0.39, 0.29) is 0 Å². The Balaban J connectivity index is 2.82. The lowest BCUT2D eigenvalue weighted by atomic mass is 11.3. The SMILES string of the molecule is N[SiH2]NONC(=O)O. The molecule has 0 aromatic carbocycles. The summed E-state index contributed by atoms with van der Waals surface area (Å²) in [4.78, 5) is 13.7. The van der Waals surface area contributed by atoms with Crippen molar-refractivity contribution in [1.82, 2.24) is 10.6 Å². The van der Waals surface area contributed by atoms with E-state index >= 15 is 0 Å². The molecule has 0 aliphatic heterocycles. The van der Waals surface area contributed by atoms with E-state index in [4.69, 9.17) is 10.5 Å². The molecule has 1 amide bonds. The highest BCUT2D eigenvalue weighted by molar-refractivity contribution is 6.26. The summed E-state index contributed by atoms with van der Waals surface area (Å²) in [5.74, 6) is 0. The van der Waals surface area contributed by atoms with Crippen LogP contribution < -0.4 is 16.0 Å². The van der Waals surface area contributed by atoms with E-state index in [1.807, 2.05) is 0 Å². The van der Waals surface area contributed by atoms with Gasteiger partial charge in [0.15, 0.2) is 9.84 Å². The Morgan fingerprint density at radius 1 is 1.88 bits per heavy atom. The zero-order chi connectivity index (χ0) is 6.41. The van der Waals surface area contributed by atoms with Crippen LogP contribution in [0.1, 0.15) is 0 Å². The molecule has 7 heteroatoms. The van der Waals surface area contributed by atoms with Gasteiger partial charge in [0.2, 0.25) is 0 Å². The van der Waals surface area contributed by atoms with Crippen LogP contribution in [0.4, 0.5) is 4.79 Å². The second kappa shape index (κ2) is 4.52. The molecule has 5 N–H and O–H groups in total. The summed E-state index contributed by atoms with van der Waals surface area (Å²) in [6.07, 6.45) is -1.25. The number of hydroxylamine groups is 1. The zero-order valence-corrected chi connectivity index (χ0v) is 5.46. The van der Waals surface area contributed by atoms with E-state index in [9.17, 15) is 4.79 Å². The number of carboxylic acid groups (broad SMARTS) is 1. The fraction of sp³-hybridized carbons (Fsp3) is 0. The number of hydrogen-bond acceptors (Lipinski definition) is 4. The van der Waals surface area contributed by atoms with Gasteiger partial charge in [0, 0.05) is 0 Å². The van der Waals surface area contributed by atoms with Gasteiger partial charge in [-0.3, -0.25) is 0 Å². The summed E-state index contributed by atoms with van der Waals surface area (Å²) >= 11 is 0. The first-order valence-corrected chi connectivity index (χ1v) is 3.37. The lowest BCUT2D eigenvalue weighted by Crippen LogP contribution is -2.35. The van der Waals surface area contributed by atoms with Gasteiger partial charge in [-0.2, -0.15) is 15.6 Å². The second-order valence-corrected chi connectivity index (χ2v) is 1.55. The van der Waals surface area contributed by atoms with Gasteiger partial charge in [-0.05, 0) is 0 Å². The minimum absolute atomic E-state index is 0.927. The van der Waals surface area contributed by atoms with Crippen LogP contribution >= 0.6 is 0 Å². The van der Waals surface area contributed by atoms with Crippen LogP contribution in [0.5, 0.6) is 0 Å². The minimum Gasteiger partial charge on any atom is -0.464 e. The van der Waals surface area contributed by atoms with E-state index in [2.05, 4.69) is 10.1 Å². The molecule has 6 nitrogen and oxygen atoms in total.